The minimum absolute atomic E-state index is 0.120. The number of benzene rings is 2. The van der Waals surface area contributed by atoms with Gasteiger partial charge in [0.25, 0.3) is 5.56 Å². The number of aromatic nitrogens is 1. The van der Waals surface area contributed by atoms with Crippen LogP contribution in [0.1, 0.15) is 35.1 Å². The Balaban J connectivity index is 1.39. The summed E-state index contributed by atoms with van der Waals surface area (Å²) in [7, 11) is 0. The second kappa shape index (κ2) is 10.0. The van der Waals surface area contributed by atoms with Gasteiger partial charge in [-0.25, -0.2) is 0 Å². The maximum atomic E-state index is 12.7. The molecule has 0 radical (unpaired) electrons. The van der Waals surface area contributed by atoms with Crippen LogP contribution in [0.5, 0.6) is 11.5 Å². The summed E-state index contributed by atoms with van der Waals surface area (Å²) in [6.45, 7) is 10.6. The van der Waals surface area contributed by atoms with Crippen molar-refractivity contribution in [2.24, 2.45) is 0 Å². The van der Waals surface area contributed by atoms with E-state index in [-0.39, 0.29) is 5.56 Å². The summed E-state index contributed by atoms with van der Waals surface area (Å²) < 4.78 is 13.5. The van der Waals surface area contributed by atoms with Gasteiger partial charge in [-0.3, -0.25) is 14.3 Å². The summed E-state index contributed by atoms with van der Waals surface area (Å²) in [5.74, 6) is 1.44. The lowest BCUT2D eigenvalue weighted by atomic mass is 10.1. The molecule has 1 saturated heterocycles. The molecule has 1 fully saturated rings. The SMILES string of the molecule is Cc1cc(C)cc(COc2ccn(-c3ccc(OCCN4CCCC4)c(C)c3)c(=O)c2)c1. The molecule has 0 unspecified atom stereocenters. The van der Waals surface area contributed by atoms with E-state index < -0.39 is 0 Å². The highest BCUT2D eigenvalue weighted by molar-refractivity contribution is 5.44. The van der Waals surface area contributed by atoms with E-state index in [1.165, 1.54) is 37.1 Å². The van der Waals surface area contributed by atoms with Crippen LogP contribution in [0.25, 0.3) is 5.69 Å². The van der Waals surface area contributed by atoms with Crippen molar-refractivity contribution in [1.29, 1.82) is 0 Å². The van der Waals surface area contributed by atoms with Crippen molar-refractivity contribution in [3.05, 3.63) is 87.3 Å². The van der Waals surface area contributed by atoms with Gasteiger partial charge in [-0.2, -0.15) is 0 Å². The first kappa shape index (κ1) is 22.2. The van der Waals surface area contributed by atoms with Crippen LogP contribution in [0.3, 0.4) is 0 Å². The van der Waals surface area contributed by atoms with Crippen molar-refractivity contribution in [3.8, 4) is 17.2 Å². The number of rotatable bonds is 8. The Bertz CT molecular complexity index is 1110. The molecule has 5 nitrogen and oxygen atoms in total. The molecule has 0 atom stereocenters. The monoisotopic (exact) mass is 432 g/mol. The molecule has 4 rings (SSSR count). The number of ether oxygens (including phenoxy) is 2. The molecular formula is C27H32N2O3. The van der Waals surface area contributed by atoms with Crippen molar-refractivity contribution in [1.82, 2.24) is 9.47 Å². The fraction of sp³-hybridized carbons (Fsp3) is 0.370. The molecule has 0 saturated carbocycles. The molecule has 0 aliphatic carbocycles. The first-order valence-corrected chi connectivity index (χ1v) is 11.4. The second-order valence-electron chi connectivity index (χ2n) is 8.70. The van der Waals surface area contributed by atoms with E-state index in [9.17, 15) is 4.79 Å². The van der Waals surface area contributed by atoms with Gasteiger partial charge in [0.2, 0.25) is 0 Å². The lowest BCUT2D eigenvalue weighted by Crippen LogP contribution is -2.25. The van der Waals surface area contributed by atoms with Gasteiger partial charge >= 0.3 is 0 Å². The zero-order valence-corrected chi connectivity index (χ0v) is 19.3. The number of aryl methyl sites for hydroxylation is 3. The molecule has 1 aliphatic rings. The van der Waals surface area contributed by atoms with E-state index in [4.69, 9.17) is 9.47 Å². The van der Waals surface area contributed by atoms with Gasteiger partial charge in [0, 0.05) is 24.5 Å². The average molecular weight is 433 g/mol. The third-order valence-electron chi connectivity index (χ3n) is 5.88. The summed E-state index contributed by atoms with van der Waals surface area (Å²) in [4.78, 5) is 15.2. The average Bonchev–Trinajstić information content (AvgIpc) is 3.26. The van der Waals surface area contributed by atoms with Gasteiger partial charge < -0.3 is 9.47 Å². The summed E-state index contributed by atoms with van der Waals surface area (Å²) in [6.07, 6.45) is 4.34. The molecule has 1 aliphatic heterocycles. The quantitative estimate of drug-likeness (QED) is 0.512. The Morgan fingerprint density at radius 1 is 0.875 bits per heavy atom. The summed E-state index contributed by atoms with van der Waals surface area (Å²) in [6, 6.07) is 15.6. The molecule has 5 heteroatoms. The van der Waals surface area contributed by atoms with Gasteiger partial charge in [0.15, 0.2) is 0 Å². The Hall–Kier alpha value is -3.05. The number of pyridine rings is 1. The standard InChI is InChI=1S/C27H32N2O3/c1-20-14-21(2)16-23(15-20)19-32-25-8-11-29(27(30)18-25)24-6-7-26(22(3)17-24)31-13-12-28-9-4-5-10-28/h6-8,11,14-18H,4-5,9-10,12-13,19H2,1-3H3. The molecule has 0 N–H and O–H groups in total. The Morgan fingerprint density at radius 3 is 2.31 bits per heavy atom. The van der Waals surface area contributed by atoms with Gasteiger partial charge in [0.1, 0.15) is 24.7 Å². The van der Waals surface area contributed by atoms with Gasteiger partial charge in [-0.05, 0) is 82.1 Å². The zero-order chi connectivity index (χ0) is 22.5. The number of likely N-dealkylation sites (tertiary alicyclic amines) is 1. The Labute approximate surface area is 190 Å². The molecule has 32 heavy (non-hydrogen) atoms. The maximum Gasteiger partial charge on any atom is 0.258 e. The molecule has 2 heterocycles. The van der Waals surface area contributed by atoms with Crippen molar-refractivity contribution in [2.75, 3.05) is 26.2 Å². The molecule has 0 amide bonds. The Morgan fingerprint density at radius 2 is 1.62 bits per heavy atom. The second-order valence-corrected chi connectivity index (χ2v) is 8.70. The van der Waals surface area contributed by atoms with Gasteiger partial charge in [-0.1, -0.05) is 29.3 Å². The molecule has 0 spiro atoms. The van der Waals surface area contributed by atoms with Crippen LogP contribution in [0, 0.1) is 20.8 Å². The normalized spacial score (nSPS) is 14.0. The van der Waals surface area contributed by atoms with Crippen LogP contribution >= 0.6 is 0 Å². The number of hydrogen-bond donors (Lipinski definition) is 0. The maximum absolute atomic E-state index is 12.7. The molecular weight excluding hydrogens is 400 g/mol. The molecule has 0 bridgehead atoms. The predicted molar refractivity (Wildman–Crippen MR) is 128 cm³/mol. The van der Waals surface area contributed by atoms with E-state index in [1.807, 2.05) is 31.2 Å². The minimum Gasteiger partial charge on any atom is -0.492 e. The lowest BCUT2D eigenvalue weighted by Gasteiger charge is -2.16. The van der Waals surface area contributed by atoms with E-state index >= 15 is 0 Å². The van der Waals surface area contributed by atoms with E-state index in [0.717, 1.165) is 29.1 Å². The molecule has 3 aromatic rings. The van der Waals surface area contributed by atoms with Crippen LogP contribution in [0.15, 0.2) is 59.5 Å². The predicted octanol–water partition coefficient (Wildman–Crippen LogP) is 4.82. The highest BCUT2D eigenvalue weighted by atomic mass is 16.5. The van der Waals surface area contributed by atoms with Crippen LogP contribution in [0.2, 0.25) is 0 Å². The van der Waals surface area contributed by atoms with Crippen molar-refractivity contribution < 1.29 is 9.47 Å². The third-order valence-corrected chi connectivity index (χ3v) is 5.88. The van der Waals surface area contributed by atoms with Crippen molar-refractivity contribution in [3.63, 3.8) is 0 Å². The largest absolute Gasteiger partial charge is 0.492 e. The topological polar surface area (TPSA) is 43.7 Å². The summed E-state index contributed by atoms with van der Waals surface area (Å²) in [5, 5.41) is 0. The number of nitrogens with zero attached hydrogens (tertiary/aromatic N) is 2. The number of hydrogen-bond acceptors (Lipinski definition) is 4. The smallest absolute Gasteiger partial charge is 0.258 e. The fourth-order valence-corrected chi connectivity index (χ4v) is 4.32. The Kier molecular flexibility index (Phi) is 6.96. The zero-order valence-electron chi connectivity index (χ0n) is 19.3. The van der Waals surface area contributed by atoms with Crippen LogP contribution in [0.4, 0.5) is 0 Å². The molecule has 168 valence electrons. The lowest BCUT2D eigenvalue weighted by molar-refractivity contribution is 0.237. The highest BCUT2D eigenvalue weighted by Gasteiger charge is 2.11. The summed E-state index contributed by atoms with van der Waals surface area (Å²) in [5.41, 5.74) is 5.23. The molecule has 1 aromatic heterocycles. The summed E-state index contributed by atoms with van der Waals surface area (Å²) >= 11 is 0. The van der Waals surface area contributed by atoms with Gasteiger partial charge in [-0.15, -0.1) is 0 Å². The van der Waals surface area contributed by atoms with E-state index in [2.05, 4.69) is 36.9 Å². The van der Waals surface area contributed by atoms with Crippen LogP contribution in [-0.2, 0) is 6.61 Å². The van der Waals surface area contributed by atoms with Crippen LogP contribution < -0.4 is 15.0 Å². The van der Waals surface area contributed by atoms with Gasteiger partial charge in [0.05, 0.1) is 0 Å². The third kappa shape index (κ3) is 5.60. The van der Waals surface area contributed by atoms with Crippen LogP contribution in [-0.4, -0.2) is 35.7 Å². The fourth-order valence-electron chi connectivity index (χ4n) is 4.32. The van der Waals surface area contributed by atoms with E-state index in [1.54, 1.807) is 16.8 Å². The van der Waals surface area contributed by atoms with Crippen molar-refractivity contribution >= 4 is 0 Å². The minimum atomic E-state index is -0.120. The first-order chi connectivity index (χ1) is 15.5. The van der Waals surface area contributed by atoms with E-state index in [0.29, 0.717) is 19.0 Å². The van der Waals surface area contributed by atoms with Crippen molar-refractivity contribution in [2.45, 2.75) is 40.2 Å². The first-order valence-electron chi connectivity index (χ1n) is 11.4. The highest BCUT2D eigenvalue weighted by Crippen LogP contribution is 2.22. The molecule has 2 aromatic carbocycles.